The molecule has 0 bridgehead atoms. The number of nitrogens with one attached hydrogen (secondary N) is 3. The molecule has 3 aromatic carbocycles. The minimum absolute atomic E-state index is 0.0207. The van der Waals surface area contributed by atoms with E-state index in [9.17, 15) is 43.8 Å². The van der Waals surface area contributed by atoms with Gasteiger partial charge in [-0.05, 0) is 162 Å². The molecule has 3 amide bonds. The van der Waals surface area contributed by atoms with Crippen molar-refractivity contribution in [1.29, 1.82) is 0 Å². The maximum atomic E-state index is 15.8. The SMILES string of the molecule is CC(=O)O[C@H]1C(=O)[C@@]2(C)[C@H](C(CC(=O)c3ccccc3)[C@]3(O)CC4(OC(=O)C(OC(=O)CCC(=O)NCCCOCCOCCOCCCNC(=O)CC/C(C)=C/CC/C(C)=C/CC/C=C(\C)CC/C=C(\C)CCC=C(C)C)[C@@H](NC(=O)c5ccccc5)c5ccccc5)C(C)=C1[C@@]43C)[C@]1(OC(C)=O)CO[C@@H]1C[C@@H]2O. The first-order valence-electron chi connectivity index (χ1n) is 39.1. The number of esters is 4. The first kappa shape index (κ1) is 87.1. The van der Waals surface area contributed by atoms with E-state index in [1.807, 2.05) is 0 Å². The number of fused-ring (bicyclic) bond motifs is 3. The Morgan fingerprint density at radius 3 is 1.62 bits per heavy atom. The van der Waals surface area contributed by atoms with Crippen LogP contribution in [0.1, 0.15) is 218 Å². The van der Waals surface area contributed by atoms with Gasteiger partial charge in [-0.15, -0.1) is 0 Å². The van der Waals surface area contributed by atoms with Crippen LogP contribution in [0.15, 0.2) is 160 Å². The molecule has 3 unspecified atom stereocenters. The molecule has 12 atom stereocenters. The van der Waals surface area contributed by atoms with Crippen LogP contribution >= 0.6 is 0 Å². The highest BCUT2D eigenvalue weighted by Crippen LogP contribution is 2.79. The summed E-state index contributed by atoms with van der Waals surface area (Å²) in [6.07, 6.45) is 14.1. The zero-order valence-electron chi connectivity index (χ0n) is 66.3. The minimum atomic E-state index is -2.21. The van der Waals surface area contributed by atoms with E-state index in [1.54, 1.807) is 97.9 Å². The normalized spacial score (nSPS) is 25.4. The van der Waals surface area contributed by atoms with Gasteiger partial charge < -0.3 is 64.1 Å². The predicted octanol–water partition coefficient (Wildman–Crippen LogP) is 12.8. The van der Waals surface area contributed by atoms with Gasteiger partial charge in [0.05, 0.1) is 62.0 Å². The van der Waals surface area contributed by atoms with E-state index in [-0.39, 0.29) is 54.2 Å². The number of Topliss-reactive ketones (excluding diaryl/α,β-unsaturated/α-hetero) is 2. The molecule has 598 valence electrons. The van der Waals surface area contributed by atoms with Crippen LogP contribution in [0.4, 0.5) is 0 Å². The second-order valence-corrected chi connectivity index (χ2v) is 30.9. The Hall–Kier alpha value is -8.51. The molecule has 22 heteroatoms. The van der Waals surface area contributed by atoms with Crippen molar-refractivity contribution in [3.63, 3.8) is 0 Å². The smallest absolute Gasteiger partial charge is 0.350 e. The third kappa shape index (κ3) is 21.4. The largest absolute Gasteiger partial charge is 0.454 e. The monoisotopic (exact) mass is 1520 g/mol. The molecule has 8 rings (SSSR count). The van der Waals surface area contributed by atoms with Crippen molar-refractivity contribution < 1.29 is 91.3 Å². The van der Waals surface area contributed by atoms with Crippen LogP contribution in [0.25, 0.3) is 0 Å². The highest BCUT2D eigenvalue weighted by molar-refractivity contribution is 5.99. The number of ketones is 2. The van der Waals surface area contributed by atoms with Gasteiger partial charge in [-0.25, -0.2) is 4.79 Å². The van der Waals surface area contributed by atoms with E-state index < -0.39 is 136 Å². The van der Waals surface area contributed by atoms with Crippen molar-refractivity contribution in [3.05, 3.63) is 177 Å². The lowest BCUT2D eigenvalue weighted by molar-refractivity contribution is -0.368. The van der Waals surface area contributed by atoms with Crippen LogP contribution in [0.5, 0.6) is 0 Å². The summed E-state index contributed by atoms with van der Waals surface area (Å²) in [5.41, 5.74) is -1.83. The average molecular weight is 1520 g/mol. The fraction of sp³-hybridized carbons (Fsp3) is 0.557. The van der Waals surface area contributed by atoms with Gasteiger partial charge in [0, 0.05) is 95.2 Å². The molecular formula is C88H117N3O19. The van der Waals surface area contributed by atoms with Gasteiger partial charge in [0.1, 0.15) is 17.7 Å². The third-order valence-electron chi connectivity index (χ3n) is 22.7. The fourth-order valence-corrected chi connectivity index (χ4v) is 16.7. The summed E-state index contributed by atoms with van der Waals surface area (Å²) in [5, 5.41) is 35.0. The van der Waals surface area contributed by atoms with E-state index in [1.165, 1.54) is 48.6 Å². The maximum absolute atomic E-state index is 15.8. The zero-order chi connectivity index (χ0) is 79.8. The molecule has 22 nitrogen and oxygen atoms in total. The van der Waals surface area contributed by atoms with E-state index in [0.717, 1.165) is 64.7 Å². The lowest BCUT2D eigenvalue weighted by Gasteiger charge is -2.79. The number of unbranched alkanes of at least 4 members (excludes halogenated alkanes) is 1. The molecule has 0 radical (unpaired) electrons. The minimum Gasteiger partial charge on any atom is -0.454 e. The van der Waals surface area contributed by atoms with E-state index in [4.69, 9.17) is 37.9 Å². The van der Waals surface area contributed by atoms with Crippen molar-refractivity contribution in [2.45, 2.75) is 233 Å². The summed E-state index contributed by atoms with van der Waals surface area (Å²) in [6, 6.07) is 23.1. The van der Waals surface area contributed by atoms with Crippen LogP contribution in [0, 0.1) is 22.7 Å². The van der Waals surface area contributed by atoms with Crippen LogP contribution in [0.3, 0.4) is 0 Å². The quantitative estimate of drug-likeness (QED) is 0.0115. The number of rotatable bonds is 44. The maximum Gasteiger partial charge on any atom is 0.350 e. The van der Waals surface area contributed by atoms with Gasteiger partial charge >= 0.3 is 23.9 Å². The Kier molecular flexibility index (Phi) is 32.2. The molecule has 5 N–H and O–H groups in total. The topological polar surface area (TPSA) is 304 Å². The highest BCUT2D eigenvalue weighted by Gasteiger charge is 2.88. The number of amides is 3. The molecule has 3 aromatic rings. The lowest BCUT2D eigenvalue weighted by atomic mass is 9.29. The zero-order valence-corrected chi connectivity index (χ0v) is 66.3. The van der Waals surface area contributed by atoms with Gasteiger partial charge in [-0.1, -0.05) is 137 Å². The predicted molar refractivity (Wildman–Crippen MR) is 416 cm³/mol. The van der Waals surface area contributed by atoms with Crippen molar-refractivity contribution in [1.82, 2.24) is 16.0 Å². The molecule has 0 aromatic heterocycles. The third-order valence-corrected chi connectivity index (χ3v) is 22.7. The summed E-state index contributed by atoms with van der Waals surface area (Å²) in [5.74, 6) is -9.11. The molecule has 4 aliphatic carbocycles. The summed E-state index contributed by atoms with van der Waals surface area (Å²) in [7, 11) is 0. The standard InChI is InChI=1S/C88H117N3O19/c1-58(2)28-23-31-61(5)34-24-32-59(3)29-21-22-30-60(4)33-25-35-62(6)42-43-73(96)89-46-26-48-103-50-52-105-53-51-104-49-27-47-90-74(97)44-45-75(98)108-79(77(67-38-17-13-18-39-67)91-82(100)68-40-19-14-20-41-68)83(101)110-88-56-87(102)69(54-70(94)66-36-15-12-16-37-66)80-84(10,71(95)55-72-86(80,57-106-72)109-65(9)93)81(99)78(107-64(8)92)76(63(88)7)85(87,88)11/h12-20,28-30,34-41,69,71-72,77-80,95,102H,21-27,31-33,42-57H2,1-11H3,(H,89,96)(H,90,97)(H,91,100)/b59-29+,60-30+,61-34+,62-35+/t69?,71-,72+,77-,78+,79?,80-,84+,85+,86-,87+,88?/m0/s1. The van der Waals surface area contributed by atoms with Gasteiger partial charge in [-0.3, -0.25) is 38.4 Å². The Balaban J connectivity index is 0.800. The number of hydrogen-bond acceptors (Lipinski definition) is 19. The van der Waals surface area contributed by atoms with E-state index in [0.29, 0.717) is 71.0 Å². The molecule has 1 heterocycles. The Morgan fingerprint density at radius 1 is 0.600 bits per heavy atom. The number of allylic oxidation sites excluding steroid dienone is 10. The number of ether oxygens (including phenoxy) is 8. The highest BCUT2D eigenvalue weighted by atomic mass is 16.6. The van der Waals surface area contributed by atoms with Crippen molar-refractivity contribution in [3.8, 4) is 0 Å². The summed E-state index contributed by atoms with van der Waals surface area (Å²) in [6.45, 7) is 22.4. The first-order chi connectivity index (χ1) is 52.5. The van der Waals surface area contributed by atoms with Gasteiger partial charge in [0.15, 0.2) is 23.3 Å². The number of benzene rings is 3. The molecule has 3 saturated carbocycles. The van der Waals surface area contributed by atoms with Crippen molar-refractivity contribution in [2.24, 2.45) is 22.7 Å². The Bertz CT molecular complexity index is 3900. The number of carbonyl (C=O) groups excluding carboxylic acids is 9. The van der Waals surface area contributed by atoms with Gasteiger partial charge in [0.25, 0.3) is 5.91 Å². The van der Waals surface area contributed by atoms with Gasteiger partial charge in [0.2, 0.25) is 17.9 Å². The van der Waals surface area contributed by atoms with Crippen LogP contribution in [-0.2, 0) is 71.5 Å². The second-order valence-electron chi connectivity index (χ2n) is 30.9. The molecule has 110 heavy (non-hydrogen) atoms. The lowest BCUT2D eigenvalue weighted by Crippen LogP contribution is -2.88. The van der Waals surface area contributed by atoms with Crippen molar-refractivity contribution >= 4 is 53.2 Å². The molecule has 4 fully saturated rings. The van der Waals surface area contributed by atoms with Crippen LogP contribution in [0.2, 0.25) is 0 Å². The first-order valence-corrected chi connectivity index (χ1v) is 39.1. The second kappa shape index (κ2) is 40.6. The summed E-state index contributed by atoms with van der Waals surface area (Å²) < 4.78 is 48.0. The van der Waals surface area contributed by atoms with Crippen LogP contribution < -0.4 is 16.0 Å². The molecule has 0 spiro atoms. The molecular weight excluding hydrogens is 1400 g/mol. The van der Waals surface area contributed by atoms with E-state index >= 15 is 9.59 Å². The van der Waals surface area contributed by atoms with Gasteiger partial charge in [-0.2, -0.15) is 0 Å². The average Bonchev–Trinajstić information content (AvgIpc) is 0.620. The molecule has 1 aliphatic heterocycles. The summed E-state index contributed by atoms with van der Waals surface area (Å²) >= 11 is 0. The molecule has 5 aliphatic rings. The molecule has 1 saturated heterocycles. The fourth-order valence-electron chi connectivity index (χ4n) is 16.7. The van der Waals surface area contributed by atoms with Crippen molar-refractivity contribution in [2.75, 3.05) is 59.3 Å². The summed E-state index contributed by atoms with van der Waals surface area (Å²) in [4.78, 5) is 127. The number of carbonyl (C=O) groups is 9. The van der Waals surface area contributed by atoms with Crippen LogP contribution in [-0.4, -0.2) is 164 Å². The number of aliphatic hydroxyl groups is 2. The Morgan fingerprint density at radius 2 is 1.10 bits per heavy atom. The number of hydrogen-bond donors (Lipinski definition) is 5. The Labute approximate surface area is 649 Å². The number of aliphatic hydroxyl groups excluding tert-OH is 1. The van der Waals surface area contributed by atoms with E-state index in [2.05, 4.69) is 87.9 Å².